The van der Waals surface area contributed by atoms with Gasteiger partial charge in [-0.15, -0.1) is 10.2 Å². The summed E-state index contributed by atoms with van der Waals surface area (Å²) in [7, 11) is 0. The molecule has 6 heteroatoms. The number of carbonyl (C=O) groups is 1. The molecule has 1 saturated heterocycles. The normalized spacial score (nSPS) is 16.7. The Labute approximate surface area is 146 Å². The van der Waals surface area contributed by atoms with Crippen LogP contribution < -0.4 is 0 Å². The van der Waals surface area contributed by atoms with Gasteiger partial charge in [-0.2, -0.15) is 0 Å². The summed E-state index contributed by atoms with van der Waals surface area (Å²) in [6.07, 6.45) is 4.63. The zero-order valence-corrected chi connectivity index (χ0v) is 15.0. The Balaban J connectivity index is 1.65. The fourth-order valence-corrected chi connectivity index (χ4v) is 3.70. The monoisotopic (exact) mass is 345 g/mol. The minimum absolute atomic E-state index is 0.164. The summed E-state index contributed by atoms with van der Waals surface area (Å²) in [5.74, 6) is 0.669. The lowest BCUT2D eigenvalue weighted by Gasteiger charge is -2.23. The molecule has 2 aromatic rings. The number of thioether (sulfide) groups is 1. The van der Waals surface area contributed by atoms with Gasteiger partial charge in [-0.1, -0.05) is 42.8 Å². The van der Waals surface area contributed by atoms with Crippen LogP contribution in [0.1, 0.15) is 38.2 Å². The molecule has 1 atom stereocenters. The first kappa shape index (κ1) is 17.0. The summed E-state index contributed by atoms with van der Waals surface area (Å²) in [5.41, 5.74) is 2.02. The molecule has 0 radical (unpaired) electrons. The van der Waals surface area contributed by atoms with Gasteiger partial charge >= 0.3 is 0 Å². The van der Waals surface area contributed by atoms with Crippen LogP contribution in [0.4, 0.5) is 0 Å². The van der Waals surface area contributed by atoms with Gasteiger partial charge in [0, 0.05) is 18.7 Å². The van der Waals surface area contributed by atoms with Crippen molar-refractivity contribution in [3.8, 4) is 11.5 Å². The average molecular weight is 345 g/mol. The number of aromatic nitrogens is 2. The second-order valence-electron chi connectivity index (χ2n) is 6.19. The SMILES string of the molecule is Cc1ccccc1-c1nnc(S[C@H](C)C(=O)N2CCCCCC2)o1. The van der Waals surface area contributed by atoms with Crippen LogP contribution in [0.15, 0.2) is 33.9 Å². The minimum atomic E-state index is -0.215. The van der Waals surface area contributed by atoms with E-state index in [-0.39, 0.29) is 11.2 Å². The van der Waals surface area contributed by atoms with E-state index in [4.69, 9.17) is 4.42 Å². The second-order valence-corrected chi connectivity index (χ2v) is 7.48. The summed E-state index contributed by atoms with van der Waals surface area (Å²) >= 11 is 1.34. The Morgan fingerprint density at radius 2 is 1.88 bits per heavy atom. The summed E-state index contributed by atoms with van der Waals surface area (Å²) in [4.78, 5) is 14.6. The standard InChI is InChI=1S/C18H23N3O2S/c1-13-9-5-6-10-15(13)16-19-20-18(23-16)24-14(2)17(22)21-11-7-3-4-8-12-21/h5-6,9-10,14H,3-4,7-8,11-12H2,1-2H3/t14-/m1/s1. The Morgan fingerprint density at radius 3 is 2.58 bits per heavy atom. The fraction of sp³-hybridized carbons (Fsp3) is 0.500. The molecule has 0 spiro atoms. The quantitative estimate of drug-likeness (QED) is 0.786. The third-order valence-electron chi connectivity index (χ3n) is 4.33. The Bertz CT molecular complexity index is 693. The van der Waals surface area contributed by atoms with Crippen LogP contribution in [0, 0.1) is 6.92 Å². The molecule has 1 aromatic carbocycles. The molecule has 2 heterocycles. The van der Waals surface area contributed by atoms with Gasteiger partial charge in [-0.05, 0) is 38.3 Å². The lowest BCUT2D eigenvalue weighted by atomic mass is 10.1. The third kappa shape index (κ3) is 3.98. The molecule has 5 nitrogen and oxygen atoms in total. The first-order chi connectivity index (χ1) is 11.6. The lowest BCUT2D eigenvalue weighted by Crippen LogP contribution is -2.37. The van der Waals surface area contributed by atoms with E-state index in [9.17, 15) is 4.79 Å². The highest BCUT2D eigenvalue weighted by molar-refractivity contribution is 8.00. The number of likely N-dealkylation sites (tertiary alicyclic amines) is 1. The maximum absolute atomic E-state index is 12.6. The van der Waals surface area contributed by atoms with E-state index in [1.165, 1.54) is 24.6 Å². The van der Waals surface area contributed by atoms with Crippen LogP contribution in [0.2, 0.25) is 0 Å². The zero-order chi connectivity index (χ0) is 16.9. The smallest absolute Gasteiger partial charge is 0.277 e. The van der Waals surface area contributed by atoms with Gasteiger partial charge in [0.2, 0.25) is 11.8 Å². The molecule has 1 fully saturated rings. The van der Waals surface area contributed by atoms with Crippen LogP contribution >= 0.6 is 11.8 Å². The van der Waals surface area contributed by atoms with E-state index in [1.54, 1.807) is 0 Å². The van der Waals surface area contributed by atoms with Gasteiger partial charge in [0.25, 0.3) is 5.22 Å². The minimum Gasteiger partial charge on any atom is -0.411 e. The van der Waals surface area contributed by atoms with Crippen molar-refractivity contribution < 1.29 is 9.21 Å². The van der Waals surface area contributed by atoms with E-state index in [2.05, 4.69) is 10.2 Å². The van der Waals surface area contributed by atoms with Gasteiger partial charge in [0.1, 0.15) is 0 Å². The lowest BCUT2D eigenvalue weighted by molar-refractivity contribution is -0.130. The number of rotatable bonds is 4. The largest absolute Gasteiger partial charge is 0.411 e. The number of benzene rings is 1. The first-order valence-corrected chi connectivity index (χ1v) is 9.38. The highest BCUT2D eigenvalue weighted by Gasteiger charge is 2.24. The van der Waals surface area contributed by atoms with Crippen molar-refractivity contribution in [2.24, 2.45) is 0 Å². The molecule has 0 saturated carbocycles. The van der Waals surface area contributed by atoms with Crippen molar-refractivity contribution in [3.63, 3.8) is 0 Å². The summed E-state index contributed by atoms with van der Waals surface area (Å²) in [5, 5.41) is 8.45. The highest BCUT2D eigenvalue weighted by Crippen LogP contribution is 2.28. The summed E-state index contributed by atoms with van der Waals surface area (Å²) < 4.78 is 5.75. The van der Waals surface area contributed by atoms with E-state index in [0.717, 1.165) is 37.1 Å². The molecule has 0 aliphatic carbocycles. The van der Waals surface area contributed by atoms with Crippen molar-refractivity contribution in [2.75, 3.05) is 13.1 Å². The Hall–Kier alpha value is -1.82. The van der Waals surface area contributed by atoms with E-state index < -0.39 is 0 Å². The molecule has 0 bridgehead atoms. The topological polar surface area (TPSA) is 59.2 Å². The van der Waals surface area contributed by atoms with Gasteiger partial charge in [-0.3, -0.25) is 4.79 Å². The predicted octanol–water partition coefficient (Wildman–Crippen LogP) is 3.93. The maximum atomic E-state index is 12.6. The fourth-order valence-electron chi connectivity index (χ4n) is 2.93. The molecule has 3 rings (SSSR count). The maximum Gasteiger partial charge on any atom is 0.277 e. The molecule has 1 aliphatic heterocycles. The molecule has 0 N–H and O–H groups in total. The zero-order valence-electron chi connectivity index (χ0n) is 14.2. The number of nitrogens with zero attached hydrogens (tertiary/aromatic N) is 3. The number of amides is 1. The molecule has 1 aromatic heterocycles. The van der Waals surface area contributed by atoms with Gasteiger partial charge in [-0.25, -0.2) is 0 Å². The van der Waals surface area contributed by atoms with E-state index in [1.807, 2.05) is 43.0 Å². The van der Waals surface area contributed by atoms with Gasteiger partial charge in [0.15, 0.2) is 0 Å². The van der Waals surface area contributed by atoms with E-state index in [0.29, 0.717) is 11.1 Å². The van der Waals surface area contributed by atoms with Crippen molar-refractivity contribution in [2.45, 2.75) is 50.0 Å². The Morgan fingerprint density at radius 1 is 1.17 bits per heavy atom. The molecular formula is C18H23N3O2S. The van der Waals surface area contributed by atoms with Crippen LogP contribution in [0.5, 0.6) is 0 Å². The molecule has 24 heavy (non-hydrogen) atoms. The third-order valence-corrected chi connectivity index (χ3v) is 5.25. The van der Waals surface area contributed by atoms with Crippen LogP contribution in [0.25, 0.3) is 11.5 Å². The number of hydrogen-bond acceptors (Lipinski definition) is 5. The highest BCUT2D eigenvalue weighted by atomic mass is 32.2. The first-order valence-electron chi connectivity index (χ1n) is 8.50. The molecule has 128 valence electrons. The number of aryl methyl sites for hydroxylation is 1. The molecule has 1 aliphatic rings. The van der Waals surface area contributed by atoms with Gasteiger partial charge < -0.3 is 9.32 Å². The predicted molar refractivity (Wildman–Crippen MR) is 94.8 cm³/mol. The van der Waals surface area contributed by atoms with Crippen molar-refractivity contribution in [1.82, 2.24) is 15.1 Å². The second kappa shape index (κ2) is 7.83. The number of hydrogen-bond donors (Lipinski definition) is 0. The van der Waals surface area contributed by atoms with Gasteiger partial charge in [0.05, 0.1) is 5.25 Å². The van der Waals surface area contributed by atoms with Crippen LogP contribution in [0.3, 0.4) is 0 Å². The van der Waals surface area contributed by atoms with E-state index >= 15 is 0 Å². The van der Waals surface area contributed by atoms with Crippen molar-refractivity contribution >= 4 is 17.7 Å². The van der Waals surface area contributed by atoms with Crippen molar-refractivity contribution in [3.05, 3.63) is 29.8 Å². The average Bonchev–Trinajstić information content (AvgIpc) is 2.87. The summed E-state index contributed by atoms with van der Waals surface area (Å²) in [6.45, 7) is 5.65. The molecular weight excluding hydrogens is 322 g/mol. The Kier molecular flexibility index (Phi) is 5.56. The molecule has 1 amide bonds. The van der Waals surface area contributed by atoms with Crippen LogP contribution in [-0.2, 0) is 4.79 Å². The molecule has 0 unspecified atom stereocenters. The van der Waals surface area contributed by atoms with Crippen molar-refractivity contribution in [1.29, 1.82) is 0 Å². The number of carbonyl (C=O) groups excluding carboxylic acids is 1. The summed E-state index contributed by atoms with van der Waals surface area (Å²) in [6, 6.07) is 7.90. The van der Waals surface area contributed by atoms with Crippen LogP contribution in [-0.4, -0.2) is 39.3 Å².